The minimum absolute atomic E-state index is 0.0361. The number of rotatable bonds is 20. The van der Waals surface area contributed by atoms with Crippen LogP contribution in [-0.2, 0) is 7.05 Å². The fourth-order valence-corrected chi connectivity index (χ4v) is 22.8. The maximum Gasteiger partial charge on any atom is 0.251 e. The number of fused-ring (bicyclic) bond motifs is 3. The lowest BCUT2D eigenvalue weighted by molar-refractivity contribution is 0.1000. The molecule has 0 spiro atoms. The minimum Gasteiger partial charge on any atom is -0.507 e. The number of anilines is 5. The Kier molecular flexibility index (Phi) is 28.8. The number of primary amides is 1. The Morgan fingerprint density at radius 1 is 0.401 bits per heavy atom. The Morgan fingerprint density at radius 3 is 1.07 bits per heavy atom. The van der Waals surface area contributed by atoms with Gasteiger partial charge in [0, 0.05) is 228 Å². The number of aromatic hydroxyl groups is 5. The number of imidazole rings is 1. The lowest BCUT2D eigenvalue weighted by Crippen LogP contribution is -2.62. The number of amides is 1. The first-order valence-electron chi connectivity index (χ1n) is 50.2. The molecule has 147 heavy (non-hydrogen) atoms. The Hall–Kier alpha value is -15.2. The van der Waals surface area contributed by atoms with Crippen LogP contribution in [0, 0.1) is 42.4 Å². The number of aryl methyl sites for hydroxylation is 2. The number of likely N-dealkylation sites (tertiary alicyclic amines) is 2. The number of hydrogen-bond acceptors (Lipinski definition) is 32. The van der Waals surface area contributed by atoms with Gasteiger partial charge in [-0.3, -0.25) is 20.1 Å². The fourth-order valence-electron chi connectivity index (χ4n) is 22.8. The van der Waals surface area contributed by atoms with Gasteiger partial charge in [0.2, 0.25) is 0 Å². The molecule has 8 aliphatic heterocycles. The first-order valence-corrected chi connectivity index (χ1v) is 50.2. The topological polar surface area (TPSA) is 474 Å². The molecular weight excluding hydrogens is 1860 g/mol. The number of H-pyrrole nitrogens is 3. The standard InChI is InChI=1S/C25H34N6O.C24H31N7O2.C21H24N6O2.C20H22N6O.C19H20N6O/c1-16-26-21(15-30(16)6)17-8-9-19(22(32)12-17)20-10-11-23(28-27-20)31(7)18-13-24(2,3)29-25(4,5)14-18;1-23(2)11-17(12-24(3,4)29-23)30(5)21-9-8-19(27-28-21)18-7-6-16(10-20(18)32)31-14-15(13-26-31)22(25)33;28-6-5-26-10-16-12-27(13-17(16)11-26)21-4-3-19(24-25-21)18-2-1-14(7-20(18)29)15-8-22-23-9-15;1-25-9-15-11-26(12-16(15)10-25)20-5-4-18(23-24-20)17-3-2-13(6-19(17)27)14-7-21-22-8-14;26-18-5-12(13-8-21-22-9-13)1-2-16(18)17-3-4-19(24-23-17)25-10-14-6-20-7-15(14)11-25/h8-12,15,18,29,32H,13-14H2,1-7H3;6-10,13-14,17,29,32H,11-12H2,1-5H3,(H2,25,33);1-4,7-9,16-17,28-29H,5-6,10-13H2,(H,22,23);2-8,15-16,27H,9-12H2,1H3,(H,21,22);1-5,8-9,14-15,20,26H,6-7,10-11H2,(H,21,22)/t;;16-,17+;15-,16+;14-,15+. The minimum atomic E-state index is -0.556. The second kappa shape index (κ2) is 42.1. The number of phenolic OH excluding ortho intramolecular Hbond substituents is 5. The van der Waals surface area contributed by atoms with E-state index >= 15 is 0 Å². The zero-order valence-electron chi connectivity index (χ0n) is 85.4. The van der Waals surface area contributed by atoms with Crippen molar-refractivity contribution in [3.8, 4) is 135 Å². The van der Waals surface area contributed by atoms with E-state index in [9.17, 15) is 30.3 Å². The average molecular weight is 1990 g/mol. The van der Waals surface area contributed by atoms with Gasteiger partial charge in [0.1, 0.15) is 34.6 Å². The molecule has 0 saturated carbocycles. The Morgan fingerprint density at radius 2 is 0.755 bits per heavy atom. The second-order valence-electron chi connectivity index (χ2n) is 43.1. The monoisotopic (exact) mass is 1990 g/mol. The smallest absolute Gasteiger partial charge is 0.251 e. The van der Waals surface area contributed by atoms with Crippen LogP contribution in [0.4, 0.5) is 29.1 Å². The van der Waals surface area contributed by atoms with Crippen molar-refractivity contribution in [1.29, 1.82) is 0 Å². The van der Waals surface area contributed by atoms with Gasteiger partial charge in [0.25, 0.3) is 5.91 Å². The lowest BCUT2D eigenvalue weighted by Gasteiger charge is -2.49. The summed E-state index contributed by atoms with van der Waals surface area (Å²) in [4.78, 5) is 31.9. The molecule has 18 heterocycles. The molecule has 0 aliphatic carbocycles. The number of carbonyl (C=O) groups is 1. The third-order valence-corrected chi connectivity index (χ3v) is 29.8. The van der Waals surface area contributed by atoms with Gasteiger partial charge >= 0.3 is 0 Å². The van der Waals surface area contributed by atoms with E-state index in [0.717, 1.165) is 201 Å². The van der Waals surface area contributed by atoms with E-state index in [-0.39, 0.29) is 57.5 Å². The van der Waals surface area contributed by atoms with Crippen LogP contribution in [0.2, 0.25) is 0 Å². The number of phenols is 5. The first-order chi connectivity index (χ1) is 70.5. The summed E-state index contributed by atoms with van der Waals surface area (Å²) in [5.74, 6) is 9.64. The van der Waals surface area contributed by atoms with Gasteiger partial charge in [-0.05, 0) is 269 Å². The van der Waals surface area contributed by atoms with Crippen LogP contribution in [0.3, 0.4) is 0 Å². The number of carbonyl (C=O) groups excluding carboxylic acids is 1. The van der Waals surface area contributed by atoms with Crippen molar-refractivity contribution in [1.82, 2.24) is 127 Å². The largest absolute Gasteiger partial charge is 0.507 e. The van der Waals surface area contributed by atoms with Crippen LogP contribution in [0.25, 0.3) is 107 Å². The summed E-state index contributed by atoms with van der Waals surface area (Å²) < 4.78 is 3.45. The summed E-state index contributed by atoms with van der Waals surface area (Å²) >= 11 is 0. The molecule has 23 rings (SSSR count). The number of β-amino-alcohol motifs (C(OH)–C–C–N with tert-alkyl or cyclic N) is 1. The summed E-state index contributed by atoms with van der Waals surface area (Å²) in [5, 5.41) is 141. The summed E-state index contributed by atoms with van der Waals surface area (Å²) in [6.07, 6.45) is 19.5. The highest BCUT2D eigenvalue weighted by Gasteiger charge is 2.45. The molecule has 15 aromatic rings. The molecule has 8 saturated heterocycles. The molecule has 0 radical (unpaired) electrons. The lowest BCUT2D eigenvalue weighted by atomic mass is 9.79. The highest BCUT2D eigenvalue weighted by atomic mass is 16.3. The number of nitrogens with zero attached hydrogens (tertiary/aromatic N) is 24. The quantitative estimate of drug-likeness (QED) is 0.0337. The maximum atomic E-state index is 11.3. The first kappa shape index (κ1) is 100. The Balaban J connectivity index is 0.000000116. The van der Waals surface area contributed by atoms with Crippen molar-refractivity contribution in [3.63, 3.8) is 0 Å². The molecule has 764 valence electrons. The van der Waals surface area contributed by atoms with Crippen LogP contribution < -0.4 is 46.2 Å². The highest BCUT2D eigenvalue weighted by Crippen LogP contribution is 2.44. The third kappa shape index (κ3) is 23.0. The van der Waals surface area contributed by atoms with Crippen molar-refractivity contribution in [2.24, 2.45) is 48.3 Å². The van der Waals surface area contributed by atoms with Crippen LogP contribution >= 0.6 is 0 Å². The number of hydrogen-bond donors (Lipinski definition) is 13. The molecule has 6 atom stereocenters. The third-order valence-electron chi connectivity index (χ3n) is 29.8. The van der Waals surface area contributed by atoms with E-state index in [1.54, 1.807) is 79.6 Å². The maximum absolute atomic E-state index is 11.3. The van der Waals surface area contributed by atoms with Gasteiger partial charge < -0.3 is 91.2 Å². The number of aliphatic hydroxyl groups is 1. The van der Waals surface area contributed by atoms with Gasteiger partial charge in [0.05, 0.1) is 76.8 Å². The predicted octanol–water partition coefficient (Wildman–Crippen LogP) is 12.9. The molecular formula is C109H131N31O7. The molecule has 14 N–H and O–H groups in total. The molecule has 38 heteroatoms. The number of aromatic amines is 3. The zero-order chi connectivity index (χ0) is 103. The molecule has 8 aliphatic rings. The molecule has 8 fully saturated rings. The average Bonchev–Trinajstić information content (AvgIpc) is 1.72. The Bertz CT molecular complexity index is 6950. The van der Waals surface area contributed by atoms with Gasteiger partial charge in [-0.25, -0.2) is 9.67 Å². The molecule has 0 unspecified atom stereocenters. The van der Waals surface area contributed by atoms with Crippen molar-refractivity contribution in [2.75, 3.05) is 137 Å². The summed E-state index contributed by atoms with van der Waals surface area (Å²) in [6, 6.07) is 47.5. The number of piperidine rings is 2. The SMILES string of the molecule is CN(c1ccc(-c2ccc(-n3cc(C(N)=O)cn3)cc2O)nn1)C1CC(C)(C)NC(C)(C)C1.CN1C[C@@H]2CN(c3ccc(-c4ccc(-c5cn[nH]c5)cc4O)nn3)C[C@@H]2C1.Cc1nc(-c2ccc(-c3ccc(N(C)C4CC(C)(C)NC(C)(C)C4)nn3)c(O)c2)cn1C.OCCN1C[C@@H]2CN(c3ccc(-c4ccc(-c5cn[nH]c5)cc4O)nn3)C[C@@H]2C1.Oc1cc(-c2cn[nH]c2)ccc1-c1ccc(N2C[C@H]3CNC[C@H]3C2)nn1. The molecule has 38 nitrogen and oxygen atoms in total. The van der Waals surface area contributed by atoms with Gasteiger partial charge in [-0.15, -0.1) is 51.0 Å². The summed E-state index contributed by atoms with van der Waals surface area (Å²) in [5.41, 5.74) is 20.0. The van der Waals surface area contributed by atoms with Crippen LogP contribution in [0.15, 0.2) is 207 Å². The molecule has 0 bridgehead atoms. The van der Waals surface area contributed by atoms with Crippen molar-refractivity contribution in [3.05, 3.63) is 219 Å². The number of aromatic nitrogens is 20. The number of nitrogens with one attached hydrogen (secondary N) is 6. The van der Waals surface area contributed by atoms with Crippen LogP contribution in [0.5, 0.6) is 28.7 Å². The second-order valence-corrected chi connectivity index (χ2v) is 43.1. The van der Waals surface area contributed by atoms with Crippen LogP contribution in [-0.4, -0.2) is 294 Å². The van der Waals surface area contributed by atoms with E-state index in [1.807, 2.05) is 134 Å². The van der Waals surface area contributed by atoms with Crippen molar-refractivity contribution < 1.29 is 35.4 Å². The van der Waals surface area contributed by atoms with E-state index in [4.69, 9.17) is 10.8 Å². The Labute approximate surface area is 854 Å². The molecule has 10 aromatic heterocycles. The van der Waals surface area contributed by atoms with Gasteiger partial charge in [0.15, 0.2) is 29.1 Å². The van der Waals surface area contributed by atoms with Crippen molar-refractivity contribution in [2.45, 2.75) is 122 Å². The van der Waals surface area contributed by atoms with E-state index in [2.05, 4.69) is 218 Å². The fraction of sp³-hybridized carbons (Fsp3) is 0.394. The summed E-state index contributed by atoms with van der Waals surface area (Å²) in [7, 11) is 8.30. The predicted molar refractivity (Wildman–Crippen MR) is 568 cm³/mol. The van der Waals surface area contributed by atoms with Crippen molar-refractivity contribution >= 4 is 35.0 Å². The summed E-state index contributed by atoms with van der Waals surface area (Å²) in [6.45, 7) is 33.6. The molecule has 1 amide bonds. The van der Waals surface area contributed by atoms with Gasteiger partial charge in [-0.2, -0.15) is 20.4 Å². The number of benzene rings is 5. The zero-order valence-corrected chi connectivity index (χ0v) is 85.4. The number of aliphatic hydroxyl groups excluding tert-OH is 1. The highest BCUT2D eigenvalue weighted by molar-refractivity contribution is 5.92. The number of nitrogens with two attached hydrogens (primary N) is 1. The van der Waals surface area contributed by atoms with Crippen LogP contribution in [0.1, 0.15) is 97.3 Å². The van der Waals surface area contributed by atoms with E-state index in [1.165, 1.54) is 30.2 Å². The molecule has 5 aromatic carbocycles. The van der Waals surface area contributed by atoms with E-state index < -0.39 is 5.91 Å². The normalized spacial score (nSPS) is 20.1. The van der Waals surface area contributed by atoms with Gasteiger partial charge in [-0.1, -0.05) is 24.3 Å². The van der Waals surface area contributed by atoms with E-state index in [0.29, 0.717) is 91.5 Å².